The van der Waals surface area contributed by atoms with Gasteiger partial charge in [0.2, 0.25) is 0 Å². The van der Waals surface area contributed by atoms with Crippen molar-refractivity contribution in [3.63, 3.8) is 0 Å². The van der Waals surface area contributed by atoms with Crippen molar-refractivity contribution in [3.05, 3.63) is 52.2 Å². The van der Waals surface area contributed by atoms with Gasteiger partial charge in [-0.15, -0.1) is 11.3 Å². The minimum atomic E-state index is -0.507. The molecule has 6 heteroatoms. The van der Waals surface area contributed by atoms with E-state index in [2.05, 4.69) is 5.32 Å². The predicted molar refractivity (Wildman–Crippen MR) is 91.9 cm³/mol. The van der Waals surface area contributed by atoms with Crippen LogP contribution in [0.25, 0.3) is 0 Å². The van der Waals surface area contributed by atoms with Gasteiger partial charge in [-0.25, -0.2) is 4.79 Å². The summed E-state index contributed by atoms with van der Waals surface area (Å²) < 4.78 is 5.08. The van der Waals surface area contributed by atoms with E-state index >= 15 is 0 Å². The van der Waals surface area contributed by atoms with E-state index in [0.717, 1.165) is 10.6 Å². The first kappa shape index (κ1) is 17.0. The molecule has 1 aromatic carbocycles. The van der Waals surface area contributed by atoms with Gasteiger partial charge in [-0.05, 0) is 36.6 Å². The molecule has 0 saturated heterocycles. The van der Waals surface area contributed by atoms with E-state index in [1.165, 1.54) is 0 Å². The summed E-state index contributed by atoms with van der Waals surface area (Å²) in [6.07, 6.45) is 0. The molecule has 1 N–H and O–H groups in total. The van der Waals surface area contributed by atoms with Crippen molar-refractivity contribution in [3.8, 4) is 0 Å². The summed E-state index contributed by atoms with van der Waals surface area (Å²) >= 11 is 1.57. The highest BCUT2D eigenvalue weighted by molar-refractivity contribution is 7.10. The van der Waals surface area contributed by atoms with Crippen LogP contribution in [0.15, 0.2) is 41.8 Å². The van der Waals surface area contributed by atoms with E-state index in [4.69, 9.17) is 4.74 Å². The largest absolute Gasteiger partial charge is 0.452 e. The Balaban J connectivity index is 1.86. The zero-order valence-corrected chi connectivity index (χ0v) is 14.2. The number of hydrogen-bond donors (Lipinski definition) is 1. The van der Waals surface area contributed by atoms with E-state index in [1.807, 2.05) is 49.5 Å². The summed E-state index contributed by atoms with van der Waals surface area (Å²) in [5, 5.41) is 4.76. The van der Waals surface area contributed by atoms with Gasteiger partial charge >= 0.3 is 5.97 Å². The van der Waals surface area contributed by atoms with Crippen LogP contribution in [-0.2, 0) is 9.53 Å². The number of hydrogen-bond acceptors (Lipinski definition) is 5. The molecule has 0 unspecified atom stereocenters. The van der Waals surface area contributed by atoms with Gasteiger partial charge in [0.25, 0.3) is 5.91 Å². The number of anilines is 1. The number of rotatable bonds is 6. The van der Waals surface area contributed by atoms with Gasteiger partial charge in [0.15, 0.2) is 6.61 Å². The zero-order chi connectivity index (χ0) is 16.8. The van der Waals surface area contributed by atoms with E-state index in [0.29, 0.717) is 5.56 Å². The average molecular weight is 332 g/mol. The molecule has 0 fully saturated rings. The van der Waals surface area contributed by atoms with Crippen LogP contribution in [-0.4, -0.2) is 32.6 Å². The highest BCUT2D eigenvalue weighted by atomic mass is 32.1. The smallest absolute Gasteiger partial charge is 0.338 e. The van der Waals surface area contributed by atoms with Crippen molar-refractivity contribution >= 4 is 28.9 Å². The summed E-state index contributed by atoms with van der Waals surface area (Å²) in [7, 11) is 3.79. The van der Waals surface area contributed by atoms with E-state index in [1.54, 1.807) is 29.5 Å². The maximum atomic E-state index is 12.0. The van der Waals surface area contributed by atoms with Crippen molar-refractivity contribution in [2.45, 2.75) is 13.0 Å². The summed E-state index contributed by atoms with van der Waals surface area (Å²) in [6.45, 7) is 1.60. The third-order valence-electron chi connectivity index (χ3n) is 3.28. The summed E-state index contributed by atoms with van der Waals surface area (Å²) in [6, 6.07) is 10.9. The second-order valence-electron chi connectivity index (χ2n) is 5.33. The van der Waals surface area contributed by atoms with Crippen LogP contribution in [0.5, 0.6) is 0 Å². The second kappa shape index (κ2) is 7.78. The molecule has 0 aliphatic heterocycles. The van der Waals surface area contributed by atoms with E-state index in [-0.39, 0.29) is 18.6 Å². The molecule has 0 radical (unpaired) electrons. The number of benzene rings is 1. The molecule has 1 amide bonds. The predicted octanol–water partition coefficient (Wildman–Crippen LogP) is 2.85. The van der Waals surface area contributed by atoms with Gasteiger partial charge in [-0.3, -0.25) is 4.79 Å². The molecule has 0 bridgehead atoms. The molecule has 2 aromatic rings. The maximum absolute atomic E-state index is 12.0. The van der Waals surface area contributed by atoms with Crippen molar-refractivity contribution in [2.75, 3.05) is 25.6 Å². The van der Waals surface area contributed by atoms with E-state index in [9.17, 15) is 9.59 Å². The summed E-state index contributed by atoms with van der Waals surface area (Å²) in [4.78, 5) is 26.8. The van der Waals surface area contributed by atoms with Crippen LogP contribution in [0.3, 0.4) is 0 Å². The number of esters is 1. The molecule has 0 aliphatic rings. The van der Waals surface area contributed by atoms with Crippen LogP contribution < -0.4 is 10.2 Å². The molecule has 0 aliphatic carbocycles. The third-order valence-corrected chi connectivity index (χ3v) is 4.34. The molecule has 5 nitrogen and oxygen atoms in total. The number of nitrogens with one attached hydrogen (secondary N) is 1. The Morgan fingerprint density at radius 2 is 2.04 bits per heavy atom. The van der Waals surface area contributed by atoms with Crippen molar-refractivity contribution in [1.29, 1.82) is 0 Å². The Morgan fingerprint density at radius 1 is 1.26 bits per heavy atom. The minimum absolute atomic E-state index is 0.0988. The molecule has 0 saturated carbocycles. The molecular weight excluding hydrogens is 312 g/mol. The van der Waals surface area contributed by atoms with Crippen molar-refractivity contribution < 1.29 is 14.3 Å². The van der Waals surface area contributed by atoms with Crippen molar-refractivity contribution in [2.24, 2.45) is 0 Å². The third kappa shape index (κ3) is 4.82. The normalized spacial score (nSPS) is 11.6. The fraction of sp³-hybridized carbons (Fsp3) is 0.294. The Morgan fingerprint density at radius 3 is 2.70 bits per heavy atom. The lowest BCUT2D eigenvalue weighted by atomic mass is 10.2. The highest BCUT2D eigenvalue weighted by Gasteiger charge is 2.14. The number of thiophene rings is 1. The van der Waals surface area contributed by atoms with Gasteiger partial charge in [0.05, 0.1) is 11.6 Å². The SMILES string of the molecule is C[C@@H](NC(=O)COC(=O)c1cccc(N(C)C)c1)c1cccs1. The molecular formula is C17H20N2O3S. The first-order valence-corrected chi connectivity index (χ1v) is 8.12. The molecule has 122 valence electrons. The number of amides is 1. The van der Waals surface area contributed by atoms with Gasteiger partial charge < -0.3 is 15.0 Å². The van der Waals surface area contributed by atoms with E-state index < -0.39 is 5.97 Å². The fourth-order valence-corrected chi connectivity index (χ4v) is 2.75. The maximum Gasteiger partial charge on any atom is 0.338 e. The monoisotopic (exact) mass is 332 g/mol. The van der Waals surface area contributed by atoms with Crippen LogP contribution in [0.2, 0.25) is 0 Å². The molecule has 1 atom stereocenters. The Bertz CT molecular complexity index is 668. The zero-order valence-electron chi connectivity index (χ0n) is 13.4. The van der Waals surface area contributed by atoms with Gasteiger partial charge in [0.1, 0.15) is 0 Å². The van der Waals surface area contributed by atoms with Crippen LogP contribution in [0, 0.1) is 0 Å². The Hall–Kier alpha value is -2.34. The molecule has 0 spiro atoms. The van der Waals surface area contributed by atoms with Crippen LogP contribution >= 0.6 is 11.3 Å². The topological polar surface area (TPSA) is 58.6 Å². The molecule has 1 aromatic heterocycles. The van der Waals surface area contributed by atoms with Gasteiger partial charge in [-0.2, -0.15) is 0 Å². The molecule has 1 heterocycles. The van der Waals surface area contributed by atoms with Gasteiger partial charge in [0, 0.05) is 24.7 Å². The second-order valence-corrected chi connectivity index (χ2v) is 6.30. The Labute approximate surface area is 139 Å². The Kier molecular flexibility index (Phi) is 5.76. The lowest BCUT2D eigenvalue weighted by molar-refractivity contribution is -0.124. The lowest BCUT2D eigenvalue weighted by Crippen LogP contribution is -2.30. The average Bonchev–Trinajstić information content (AvgIpc) is 3.07. The summed E-state index contributed by atoms with van der Waals surface area (Å²) in [5.74, 6) is -0.823. The number of nitrogens with zero attached hydrogens (tertiary/aromatic N) is 1. The summed E-state index contributed by atoms with van der Waals surface area (Å²) in [5.41, 5.74) is 1.32. The van der Waals surface area contributed by atoms with Gasteiger partial charge in [-0.1, -0.05) is 12.1 Å². The van der Waals surface area contributed by atoms with Crippen LogP contribution in [0.4, 0.5) is 5.69 Å². The molecule has 23 heavy (non-hydrogen) atoms. The van der Waals surface area contributed by atoms with Crippen molar-refractivity contribution in [1.82, 2.24) is 5.32 Å². The quantitative estimate of drug-likeness (QED) is 0.827. The van der Waals surface area contributed by atoms with Crippen LogP contribution in [0.1, 0.15) is 28.2 Å². The lowest BCUT2D eigenvalue weighted by Gasteiger charge is -2.14. The molecule has 2 rings (SSSR count). The highest BCUT2D eigenvalue weighted by Crippen LogP contribution is 2.18. The first-order valence-electron chi connectivity index (χ1n) is 7.24. The standard InChI is InChI=1S/C17H20N2O3S/c1-12(15-8-5-9-23-15)18-16(20)11-22-17(21)13-6-4-7-14(10-13)19(2)3/h4-10,12H,11H2,1-3H3,(H,18,20)/t12-/m1/s1. The first-order chi connectivity index (χ1) is 11.0. The fourth-order valence-electron chi connectivity index (χ4n) is 2.02. The minimum Gasteiger partial charge on any atom is -0.452 e. The number of ether oxygens (including phenoxy) is 1. The number of carbonyl (C=O) groups excluding carboxylic acids is 2. The number of carbonyl (C=O) groups is 2.